The summed E-state index contributed by atoms with van der Waals surface area (Å²) in [7, 11) is 0. The molecule has 0 aliphatic rings. The van der Waals surface area contributed by atoms with Crippen LogP contribution in [0.4, 0.5) is 26.3 Å². The molecule has 0 aliphatic heterocycles. The van der Waals surface area contributed by atoms with Gasteiger partial charge in [-0.1, -0.05) is 84.9 Å². The molecule has 2 heterocycles. The van der Waals surface area contributed by atoms with Crippen molar-refractivity contribution in [3.8, 4) is 56.8 Å². The maximum Gasteiger partial charge on any atom is 0.416 e. The summed E-state index contributed by atoms with van der Waals surface area (Å²) in [6, 6.07) is 42.4. The molecule has 0 amide bonds. The highest BCUT2D eigenvalue weighted by Gasteiger charge is 2.37. The maximum atomic E-state index is 13.7. The third-order valence-electron chi connectivity index (χ3n) is 9.08. The third-order valence-corrected chi connectivity index (χ3v) is 9.08. The normalized spacial score (nSPS) is 11.9. The van der Waals surface area contributed by atoms with Crippen LogP contribution >= 0.6 is 0 Å². The maximum absolute atomic E-state index is 13.7. The number of hydrogen-bond donors (Lipinski definition) is 0. The lowest BCUT2D eigenvalue weighted by molar-refractivity contribution is -0.143. The Labute approximate surface area is 298 Å². The summed E-state index contributed by atoms with van der Waals surface area (Å²) < 4.78 is 84.3. The molecular weight excluding hydrogens is 686 g/mol. The first-order valence-corrected chi connectivity index (χ1v) is 16.4. The van der Waals surface area contributed by atoms with Crippen LogP contribution in [-0.4, -0.2) is 14.5 Å². The Bertz CT molecular complexity index is 2620. The molecule has 0 atom stereocenters. The fraction of sp³-hybridized carbons (Fsp3) is 0.0465. The second-order valence-electron chi connectivity index (χ2n) is 12.4. The van der Waals surface area contributed by atoms with Gasteiger partial charge >= 0.3 is 12.4 Å². The number of alkyl halides is 6. The first kappa shape index (κ1) is 33.4. The standard InChI is InChI=1S/C43H24F6N4/c44-42(45,46)32-19-31(20-33(23-32)43(47,48)49)28-17-18-39-35(21-28)34-13-7-8-14-38(34)53(39)40-22-29(15-16-30(40)25-50)41-51-36(26-9-3-1-4-10-26)24-37(52-41)27-11-5-2-6-12-27/h1-24H. The summed E-state index contributed by atoms with van der Waals surface area (Å²) in [5, 5.41) is 11.6. The summed E-state index contributed by atoms with van der Waals surface area (Å²) in [6.07, 6.45) is -9.97. The molecule has 8 aromatic rings. The van der Waals surface area contributed by atoms with Crippen LogP contribution in [0, 0.1) is 11.3 Å². The Morgan fingerprint density at radius 3 is 1.60 bits per heavy atom. The van der Waals surface area contributed by atoms with E-state index in [1.54, 1.807) is 30.3 Å². The molecule has 6 aromatic carbocycles. The molecule has 0 spiro atoms. The second-order valence-corrected chi connectivity index (χ2v) is 12.4. The summed E-state index contributed by atoms with van der Waals surface area (Å²) in [6.45, 7) is 0. The summed E-state index contributed by atoms with van der Waals surface area (Å²) in [5.41, 5.74) is 3.07. The largest absolute Gasteiger partial charge is 0.416 e. The van der Waals surface area contributed by atoms with E-state index in [-0.39, 0.29) is 17.2 Å². The predicted octanol–water partition coefficient (Wildman–Crippen LogP) is 12.2. The monoisotopic (exact) mass is 710 g/mol. The van der Waals surface area contributed by atoms with Gasteiger partial charge in [0.15, 0.2) is 5.82 Å². The lowest BCUT2D eigenvalue weighted by Gasteiger charge is -2.15. The fourth-order valence-corrected chi connectivity index (χ4v) is 6.57. The fourth-order valence-electron chi connectivity index (χ4n) is 6.57. The molecule has 0 saturated carbocycles. The van der Waals surface area contributed by atoms with Gasteiger partial charge in [-0.2, -0.15) is 31.6 Å². The topological polar surface area (TPSA) is 54.5 Å². The Morgan fingerprint density at radius 1 is 0.472 bits per heavy atom. The van der Waals surface area contributed by atoms with Crippen molar-refractivity contribution in [2.24, 2.45) is 0 Å². The number of para-hydroxylation sites is 1. The molecule has 2 aromatic heterocycles. The van der Waals surface area contributed by atoms with Crippen LogP contribution in [-0.2, 0) is 12.4 Å². The number of nitriles is 1. The minimum Gasteiger partial charge on any atom is -0.308 e. The number of rotatable bonds is 5. The van der Waals surface area contributed by atoms with Crippen molar-refractivity contribution in [1.29, 1.82) is 5.26 Å². The number of nitrogens with zero attached hydrogens (tertiary/aromatic N) is 4. The lowest BCUT2D eigenvalue weighted by Crippen LogP contribution is -2.11. The minimum absolute atomic E-state index is 0.117. The molecule has 0 saturated heterocycles. The molecule has 0 aliphatic carbocycles. The summed E-state index contributed by atoms with van der Waals surface area (Å²) in [5.74, 6) is 0.420. The van der Waals surface area contributed by atoms with Crippen LogP contribution in [0.5, 0.6) is 0 Å². The van der Waals surface area contributed by atoms with Crippen molar-refractivity contribution in [1.82, 2.24) is 14.5 Å². The van der Waals surface area contributed by atoms with Gasteiger partial charge in [0.1, 0.15) is 6.07 Å². The molecule has 4 nitrogen and oxygen atoms in total. The highest BCUT2D eigenvalue weighted by atomic mass is 19.4. The third kappa shape index (κ3) is 6.27. The zero-order valence-electron chi connectivity index (χ0n) is 27.4. The van der Waals surface area contributed by atoms with Crippen molar-refractivity contribution in [3.63, 3.8) is 0 Å². The van der Waals surface area contributed by atoms with Gasteiger partial charge in [0.25, 0.3) is 0 Å². The van der Waals surface area contributed by atoms with Crippen LogP contribution in [0.1, 0.15) is 16.7 Å². The van der Waals surface area contributed by atoms with Gasteiger partial charge in [-0.3, -0.25) is 0 Å². The van der Waals surface area contributed by atoms with Crippen molar-refractivity contribution in [2.45, 2.75) is 12.4 Å². The predicted molar refractivity (Wildman–Crippen MR) is 193 cm³/mol. The van der Waals surface area contributed by atoms with Gasteiger partial charge in [-0.25, -0.2) is 9.97 Å². The number of halogens is 6. The van der Waals surface area contributed by atoms with Gasteiger partial charge in [0.2, 0.25) is 0 Å². The lowest BCUT2D eigenvalue weighted by atomic mass is 9.97. The van der Waals surface area contributed by atoms with E-state index in [1.807, 2.05) is 95.6 Å². The Balaban J connectivity index is 1.33. The zero-order valence-corrected chi connectivity index (χ0v) is 27.4. The summed E-state index contributed by atoms with van der Waals surface area (Å²) in [4.78, 5) is 9.86. The van der Waals surface area contributed by atoms with Crippen molar-refractivity contribution in [2.75, 3.05) is 0 Å². The van der Waals surface area contributed by atoms with E-state index in [0.717, 1.165) is 23.3 Å². The van der Waals surface area contributed by atoms with E-state index in [0.29, 0.717) is 55.8 Å². The Morgan fingerprint density at radius 2 is 1.02 bits per heavy atom. The van der Waals surface area contributed by atoms with Crippen LogP contribution in [0.15, 0.2) is 146 Å². The number of hydrogen-bond acceptors (Lipinski definition) is 3. The first-order valence-electron chi connectivity index (χ1n) is 16.4. The molecule has 0 unspecified atom stereocenters. The first-order chi connectivity index (χ1) is 25.5. The average Bonchev–Trinajstić information content (AvgIpc) is 3.51. The van der Waals surface area contributed by atoms with Crippen molar-refractivity contribution in [3.05, 3.63) is 162 Å². The molecular formula is C43H24F6N4. The zero-order chi connectivity index (χ0) is 36.9. The molecule has 0 N–H and O–H groups in total. The van der Waals surface area contributed by atoms with E-state index in [2.05, 4.69) is 6.07 Å². The van der Waals surface area contributed by atoms with E-state index in [1.165, 1.54) is 6.07 Å². The molecule has 0 radical (unpaired) electrons. The highest BCUT2D eigenvalue weighted by molar-refractivity contribution is 6.10. The molecule has 53 heavy (non-hydrogen) atoms. The molecule has 10 heteroatoms. The molecule has 0 fully saturated rings. The molecule has 8 rings (SSSR count). The highest BCUT2D eigenvalue weighted by Crippen LogP contribution is 2.41. The number of aromatic nitrogens is 3. The second kappa shape index (κ2) is 12.8. The van der Waals surface area contributed by atoms with Crippen LogP contribution in [0.2, 0.25) is 0 Å². The van der Waals surface area contributed by atoms with Gasteiger partial charge in [0, 0.05) is 27.5 Å². The van der Waals surface area contributed by atoms with Crippen LogP contribution in [0.3, 0.4) is 0 Å². The van der Waals surface area contributed by atoms with E-state index in [9.17, 15) is 31.6 Å². The average molecular weight is 711 g/mol. The van der Waals surface area contributed by atoms with Gasteiger partial charge < -0.3 is 4.57 Å². The van der Waals surface area contributed by atoms with Gasteiger partial charge in [0.05, 0.1) is 44.8 Å². The molecule has 258 valence electrons. The SMILES string of the molecule is N#Cc1ccc(-c2nc(-c3ccccc3)cc(-c3ccccc3)n2)cc1-n1c2ccccc2c2cc(-c3cc(C(F)(F)F)cc(C(F)(F)F)c3)ccc21. The van der Waals surface area contributed by atoms with Crippen LogP contribution in [0.25, 0.3) is 72.5 Å². The number of fused-ring (bicyclic) bond motifs is 3. The van der Waals surface area contributed by atoms with E-state index >= 15 is 0 Å². The summed E-state index contributed by atoms with van der Waals surface area (Å²) >= 11 is 0. The van der Waals surface area contributed by atoms with E-state index in [4.69, 9.17) is 9.97 Å². The minimum atomic E-state index is -4.99. The quantitative estimate of drug-likeness (QED) is 0.167. The molecule has 0 bridgehead atoms. The van der Waals surface area contributed by atoms with Crippen LogP contribution < -0.4 is 0 Å². The number of benzene rings is 6. The van der Waals surface area contributed by atoms with Crippen molar-refractivity contribution < 1.29 is 26.3 Å². The Hall–Kier alpha value is -6.73. The van der Waals surface area contributed by atoms with Crippen molar-refractivity contribution >= 4 is 21.8 Å². The Kier molecular flexibility index (Phi) is 8.07. The van der Waals surface area contributed by atoms with E-state index < -0.39 is 23.5 Å². The smallest absolute Gasteiger partial charge is 0.308 e. The van der Waals surface area contributed by atoms with Gasteiger partial charge in [-0.05, 0) is 71.8 Å². The van der Waals surface area contributed by atoms with Gasteiger partial charge in [-0.15, -0.1) is 0 Å².